The summed E-state index contributed by atoms with van der Waals surface area (Å²) in [5, 5.41) is 19.0. The van der Waals surface area contributed by atoms with Crippen molar-refractivity contribution in [1.82, 2.24) is 4.90 Å². The van der Waals surface area contributed by atoms with Gasteiger partial charge >= 0.3 is 6.09 Å². The second-order valence-electron chi connectivity index (χ2n) is 9.41. The number of nitrogens with zero attached hydrogens (tertiary/aromatic N) is 3. The second kappa shape index (κ2) is 9.86. The number of hydrogen-bond donors (Lipinski definition) is 1. The summed E-state index contributed by atoms with van der Waals surface area (Å²) in [7, 11) is -1.37. The third-order valence-corrected chi connectivity index (χ3v) is 9.48. The van der Waals surface area contributed by atoms with Crippen LogP contribution in [0.25, 0.3) is 0 Å². The third kappa shape index (κ3) is 5.50. The van der Waals surface area contributed by atoms with Gasteiger partial charge in [0.25, 0.3) is 0 Å². The SMILES string of the molecule is C[Si](C)(C)CCOCN(C(=O)O)C1=N[C@](CF)(c2cc(Br)ccc2F)[C@@H]2C[C@]2(/C=C/C#N)S1. The molecule has 1 aromatic rings. The minimum Gasteiger partial charge on any atom is -0.465 e. The highest BCUT2D eigenvalue weighted by Crippen LogP contribution is 2.67. The molecular formula is C22H26BrF2N3O3SSi. The maximum Gasteiger partial charge on any atom is 0.415 e. The van der Waals surface area contributed by atoms with E-state index < -0.39 is 42.9 Å². The van der Waals surface area contributed by atoms with Gasteiger partial charge in [-0.3, -0.25) is 0 Å². The number of rotatable bonds is 8. The summed E-state index contributed by atoms with van der Waals surface area (Å²) in [6.07, 6.45) is 2.08. The lowest BCUT2D eigenvalue weighted by molar-refractivity contribution is 0.0699. The highest BCUT2D eigenvalue weighted by atomic mass is 79.9. The van der Waals surface area contributed by atoms with Crippen molar-refractivity contribution in [3.63, 3.8) is 0 Å². The summed E-state index contributed by atoms with van der Waals surface area (Å²) in [6, 6.07) is 7.02. The highest BCUT2D eigenvalue weighted by Gasteiger charge is 2.68. The number of thioether (sulfide) groups is 1. The fraction of sp³-hybridized carbons (Fsp3) is 0.500. The topological polar surface area (TPSA) is 85.9 Å². The number of hydrogen-bond acceptors (Lipinski definition) is 5. The van der Waals surface area contributed by atoms with Gasteiger partial charge in [-0.1, -0.05) is 53.4 Å². The highest BCUT2D eigenvalue weighted by molar-refractivity contribution is 9.10. The van der Waals surface area contributed by atoms with Crippen LogP contribution in [0.3, 0.4) is 0 Å². The lowest BCUT2D eigenvalue weighted by Gasteiger charge is -2.37. The molecule has 6 nitrogen and oxygen atoms in total. The number of alkyl halides is 1. The molecule has 11 heteroatoms. The first-order valence-electron chi connectivity index (χ1n) is 10.4. The fourth-order valence-electron chi connectivity index (χ4n) is 3.90. The number of aliphatic imine (C=N–C) groups is 1. The smallest absolute Gasteiger partial charge is 0.415 e. The Morgan fingerprint density at radius 3 is 2.85 bits per heavy atom. The number of nitriles is 1. The van der Waals surface area contributed by atoms with E-state index in [0.717, 1.165) is 22.7 Å². The predicted octanol–water partition coefficient (Wildman–Crippen LogP) is 5.99. The monoisotopic (exact) mass is 557 g/mol. The Bertz CT molecular complexity index is 1030. The van der Waals surface area contributed by atoms with Gasteiger partial charge in [0.15, 0.2) is 5.17 Å². The van der Waals surface area contributed by atoms with Crippen LogP contribution >= 0.6 is 27.7 Å². The Hall–Kier alpha value is -1.74. The Balaban J connectivity index is 2.02. The molecule has 0 spiro atoms. The van der Waals surface area contributed by atoms with Crippen molar-refractivity contribution in [2.75, 3.05) is 20.0 Å². The van der Waals surface area contributed by atoms with E-state index in [2.05, 4.69) is 40.6 Å². The van der Waals surface area contributed by atoms with E-state index in [-0.39, 0.29) is 17.5 Å². The lowest BCUT2D eigenvalue weighted by Crippen LogP contribution is -2.45. The quantitative estimate of drug-likeness (QED) is 0.184. The largest absolute Gasteiger partial charge is 0.465 e. The second-order valence-corrected chi connectivity index (χ2v) is 17.3. The lowest BCUT2D eigenvalue weighted by atomic mass is 9.85. The van der Waals surface area contributed by atoms with Crippen LogP contribution in [-0.4, -0.2) is 54.1 Å². The molecule has 33 heavy (non-hydrogen) atoms. The minimum atomic E-state index is -1.61. The van der Waals surface area contributed by atoms with Gasteiger partial charge in [-0.2, -0.15) is 5.26 Å². The molecule has 0 unspecified atom stereocenters. The number of amides is 1. The molecular weight excluding hydrogens is 532 g/mol. The summed E-state index contributed by atoms with van der Waals surface area (Å²) in [4.78, 5) is 17.6. The van der Waals surface area contributed by atoms with Crippen molar-refractivity contribution in [3.05, 3.63) is 46.2 Å². The van der Waals surface area contributed by atoms with Crippen LogP contribution in [0.2, 0.25) is 25.7 Å². The normalized spacial score (nSPS) is 26.5. The number of benzene rings is 1. The van der Waals surface area contributed by atoms with Gasteiger partial charge < -0.3 is 9.84 Å². The van der Waals surface area contributed by atoms with E-state index >= 15 is 0 Å². The first-order chi connectivity index (χ1) is 15.5. The van der Waals surface area contributed by atoms with E-state index in [1.807, 2.05) is 6.07 Å². The average molecular weight is 559 g/mol. The molecule has 1 aliphatic carbocycles. The van der Waals surface area contributed by atoms with Crippen molar-refractivity contribution in [1.29, 1.82) is 5.26 Å². The molecule has 1 aliphatic heterocycles. The number of ether oxygens (including phenoxy) is 1. The molecule has 178 valence electrons. The van der Waals surface area contributed by atoms with Crippen molar-refractivity contribution in [2.45, 2.75) is 42.4 Å². The van der Waals surface area contributed by atoms with Crippen LogP contribution in [0.5, 0.6) is 0 Å². The van der Waals surface area contributed by atoms with Gasteiger partial charge in [-0.25, -0.2) is 23.5 Å². The number of halogens is 3. The maximum absolute atomic E-state index is 14.9. The average Bonchev–Trinajstić information content (AvgIpc) is 3.47. The first kappa shape index (κ1) is 25.9. The van der Waals surface area contributed by atoms with Gasteiger partial charge in [0.1, 0.15) is 24.8 Å². The van der Waals surface area contributed by atoms with Crippen LogP contribution in [0.1, 0.15) is 12.0 Å². The van der Waals surface area contributed by atoms with Crippen LogP contribution in [0, 0.1) is 23.1 Å². The molecule has 1 fully saturated rings. The molecule has 3 atom stereocenters. The maximum atomic E-state index is 14.9. The van der Waals surface area contributed by atoms with Crippen LogP contribution in [0.15, 0.2) is 39.8 Å². The van der Waals surface area contributed by atoms with Gasteiger partial charge in [0.05, 0.1) is 6.07 Å². The van der Waals surface area contributed by atoms with E-state index in [9.17, 15) is 18.7 Å². The summed E-state index contributed by atoms with van der Waals surface area (Å²) < 4.78 is 35.2. The molecule has 1 amide bonds. The molecule has 3 rings (SSSR count). The molecule has 1 aromatic carbocycles. The predicted molar refractivity (Wildman–Crippen MR) is 131 cm³/mol. The Labute approximate surface area is 205 Å². The molecule has 0 saturated heterocycles. The molecule has 0 bridgehead atoms. The molecule has 0 aromatic heterocycles. The van der Waals surface area contributed by atoms with Crippen molar-refractivity contribution in [3.8, 4) is 6.07 Å². The molecule has 0 radical (unpaired) electrons. The molecule has 1 N–H and O–H groups in total. The minimum absolute atomic E-state index is 0.0314. The Morgan fingerprint density at radius 2 is 2.24 bits per heavy atom. The standard InChI is InChI=1S/C22H26BrF2N3O3SSi/c1-33(2,3)10-9-31-14-28(20(29)30)19-27-22(13-24,16-11-15(23)5-6-17(16)25)18-12-21(18,32-19)7-4-8-26/h4-7,11,18H,9-10,12-14H2,1-3H3,(H,29,30)/b7-4+/t18-,21+,22-/m1/s1. The Morgan fingerprint density at radius 1 is 1.52 bits per heavy atom. The van der Waals surface area contributed by atoms with E-state index in [1.54, 1.807) is 6.08 Å². The van der Waals surface area contributed by atoms with E-state index in [0.29, 0.717) is 17.5 Å². The zero-order chi connectivity index (χ0) is 24.4. The molecule has 2 aliphatic rings. The van der Waals surface area contributed by atoms with Gasteiger partial charge in [-0.15, -0.1) is 0 Å². The van der Waals surface area contributed by atoms with Crippen LogP contribution in [0.4, 0.5) is 13.6 Å². The van der Waals surface area contributed by atoms with E-state index in [4.69, 9.17) is 10.00 Å². The van der Waals surface area contributed by atoms with Gasteiger partial charge in [0, 0.05) is 41.5 Å². The summed E-state index contributed by atoms with van der Waals surface area (Å²) in [5.74, 6) is -1.05. The fourth-order valence-corrected chi connectivity index (χ4v) is 6.53. The van der Waals surface area contributed by atoms with Gasteiger partial charge in [-0.05, 0) is 30.7 Å². The van der Waals surface area contributed by atoms with E-state index in [1.165, 1.54) is 24.3 Å². The van der Waals surface area contributed by atoms with Crippen molar-refractivity contribution >= 4 is 47.0 Å². The summed E-state index contributed by atoms with van der Waals surface area (Å²) >= 11 is 4.46. The third-order valence-electron chi connectivity index (χ3n) is 5.82. The summed E-state index contributed by atoms with van der Waals surface area (Å²) in [5.41, 5.74) is -1.56. The van der Waals surface area contributed by atoms with Gasteiger partial charge in [0.2, 0.25) is 0 Å². The van der Waals surface area contributed by atoms with Crippen LogP contribution < -0.4 is 0 Å². The summed E-state index contributed by atoms with van der Waals surface area (Å²) in [6.45, 7) is 5.68. The number of carbonyl (C=O) groups is 1. The van der Waals surface area contributed by atoms with Crippen molar-refractivity contribution < 1.29 is 23.4 Å². The zero-order valence-electron chi connectivity index (χ0n) is 18.6. The number of allylic oxidation sites excluding steroid dienone is 1. The first-order valence-corrected chi connectivity index (χ1v) is 15.8. The van der Waals surface area contributed by atoms with Crippen molar-refractivity contribution in [2.24, 2.45) is 10.9 Å². The van der Waals surface area contributed by atoms with Crippen LogP contribution in [-0.2, 0) is 10.3 Å². The Kier molecular flexibility index (Phi) is 7.73. The zero-order valence-corrected chi connectivity index (χ0v) is 22.0. The number of carboxylic acid groups (broad SMARTS) is 1. The molecule has 1 saturated carbocycles. The number of amidine groups is 1. The molecule has 1 heterocycles. The number of fused-ring (bicyclic) bond motifs is 1.